The van der Waals surface area contributed by atoms with Crippen LogP contribution in [0, 0.1) is 0 Å². The summed E-state index contributed by atoms with van der Waals surface area (Å²) in [5.41, 5.74) is 8.20. The van der Waals surface area contributed by atoms with Gasteiger partial charge in [-0.2, -0.15) is 0 Å². The lowest BCUT2D eigenvalue weighted by Gasteiger charge is -2.18. The number of rotatable bonds is 4. The van der Waals surface area contributed by atoms with Gasteiger partial charge in [-0.25, -0.2) is 0 Å². The Morgan fingerprint density at radius 2 is 1.48 bits per heavy atom. The molecule has 4 nitrogen and oxygen atoms in total. The van der Waals surface area contributed by atoms with Gasteiger partial charge in [0.05, 0.1) is 0 Å². The summed E-state index contributed by atoms with van der Waals surface area (Å²) in [6.07, 6.45) is 0.854. The Morgan fingerprint density at radius 3 is 2.14 bits per heavy atom. The molecule has 3 N–H and O–H groups in total. The molecule has 0 fully saturated rings. The second-order valence-electron chi connectivity index (χ2n) is 5.03. The molecular weight excluding hydrogens is 264 g/mol. The number of fused-ring (bicyclic) bond motifs is 2. The molecule has 0 saturated heterocycles. The molecule has 0 unspecified atom stereocenters. The average molecular weight is 280 g/mol. The topological polar surface area (TPSA) is 72.2 Å². The minimum atomic E-state index is -0.0947. The lowest BCUT2D eigenvalue weighted by atomic mass is 9.84. The van der Waals surface area contributed by atoms with Gasteiger partial charge in [-0.1, -0.05) is 24.3 Å². The van der Waals surface area contributed by atoms with E-state index in [4.69, 9.17) is 5.73 Å². The molecule has 21 heavy (non-hydrogen) atoms. The van der Waals surface area contributed by atoms with Gasteiger partial charge in [0, 0.05) is 34.5 Å². The molecular formula is C17H16N2O2. The molecule has 106 valence electrons. The molecule has 0 aromatic heterocycles. The number of carbonyl (C=O) groups excluding carboxylic acids is 2. The van der Waals surface area contributed by atoms with E-state index in [2.05, 4.69) is 5.32 Å². The molecule has 1 aliphatic rings. The summed E-state index contributed by atoms with van der Waals surface area (Å²) in [6, 6.07) is 12.3. The van der Waals surface area contributed by atoms with E-state index in [-0.39, 0.29) is 11.6 Å². The normalized spacial score (nSPS) is 12.8. The van der Waals surface area contributed by atoms with E-state index in [0.29, 0.717) is 28.8 Å². The highest BCUT2D eigenvalue weighted by Gasteiger charge is 2.29. The maximum absolute atomic E-state index is 12.5. The highest BCUT2D eigenvalue weighted by Crippen LogP contribution is 2.28. The number of benzene rings is 2. The van der Waals surface area contributed by atoms with E-state index in [9.17, 15) is 9.59 Å². The first-order valence-electron chi connectivity index (χ1n) is 6.99. The molecule has 0 aliphatic heterocycles. The predicted octanol–water partition coefficient (Wildman–Crippen LogP) is 2.22. The fourth-order valence-corrected chi connectivity index (χ4v) is 2.54. The van der Waals surface area contributed by atoms with Gasteiger partial charge < -0.3 is 11.1 Å². The molecule has 0 amide bonds. The third-order valence-corrected chi connectivity index (χ3v) is 3.64. The minimum absolute atomic E-state index is 0.0892. The van der Waals surface area contributed by atoms with Crippen LogP contribution in [0.5, 0.6) is 0 Å². The first-order chi connectivity index (χ1) is 10.2. The number of nitrogens with two attached hydrogens (primary N) is 1. The molecule has 2 aromatic carbocycles. The monoisotopic (exact) mass is 280 g/mol. The van der Waals surface area contributed by atoms with Crippen LogP contribution >= 0.6 is 0 Å². The summed E-state index contributed by atoms with van der Waals surface area (Å²) in [6.45, 7) is 1.36. The van der Waals surface area contributed by atoms with Crippen molar-refractivity contribution in [3.05, 3.63) is 64.7 Å². The van der Waals surface area contributed by atoms with Crippen molar-refractivity contribution in [2.75, 3.05) is 18.4 Å². The number of nitrogens with one attached hydrogen (secondary N) is 1. The second kappa shape index (κ2) is 5.50. The minimum Gasteiger partial charge on any atom is -0.385 e. The summed E-state index contributed by atoms with van der Waals surface area (Å²) in [5, 5.41) is 3.21. The van der Waals surface area contributed by atoms with Crippen LogP contribution in [-0.2, 0) is 0 Å². The van der Waals surface area contributed by atoms with Crippen LogP contribution in [0.1, 0.15) is 38.3 Å². The van der Waals surface area contributed by atoms with Crippen molar-refractivity contribution in [3.8, 4) is 0 Å². The van der Waals surface area contributed by atoms with Gasteiger partial charge in [-0.3, -0.25) is 9.59 Å². The Morgan fingerprint density at radius 1 is 0.857 bits per heavy atom. The standard InChI is InChI=1S/C17H16N2O2/c18-8-3-9-19-11-6-7-14-15(10-11)17(21)13-5-2-1-4-12(13)16(14)20/h1-2,4-7,10,19H,3,8-9,18H2. The molecule has 0 spiro atoms. The second-order valence-corrected chi connectivity index (χ2v) is 5.03. The van der Waals surface area contributed by atoms with E-state index < -0.39 is 0 Å². The number of anilines is 1. The molecule has 2 aromatic rings. The number of hydrogen-bond acceptors (Lipinski definition) is 4. The largest absolute Gasteiger partial charge is 0.385 e. The number of carbonyl (C=O) groups is 2. The van der Waals surface area contributed by atoms with E-state index >= 15 is 0 Å². The summed E-state index contributed by atoms with van der Waals surface area (Å²) in [7, 11) is 0. The van der Waals surface area contributed by atoms with Gasteiger partial charge in [0.2, 0.25) is 0 Å². The highest BCUT2D eigenvalue weighted by atomic mass is 16.1. The van der Waals surface area contributed by atoms with Crippen LogP contribution in [0.4, 0.5) is 5.69 Å². The van der Waals surface area contributed by atoms with Gasteiger partial charge in [0.15, 0.2) is 11.6 Å². The summed E-state index contributed by atoms with van der Waals surface area (Å²) in [4.78, 5) is 25.0. The zero-order valence-corrected chi connectivity index (χ0v) is 11.6. The van der Waals surface area contributed by atoms with Gasteiger partial charge >= 0.3 is 0 Å². The van der Waals surface area contributed by atoms with Crippen molar-refractivity contribution in [1.82, 2.24) is 0 Å². The van der Waals surface area contributed by atoms with Crippen molar-refractivity contribution in [3.63, 3.8) is 0 Å². The Bertz CT molecular complexity index is 722. The zero-order valence-electron chi connectivity index (χ0n) is 11.6. The van der Waals surface area contributed by atoms with E-state index in [1.165, 1.54) is 0 Å². The lowest BCUT2D eigenvalue weighted by Crippen LogP contribution is -2.21. The number of hydrogen-bond donors (Lipinski definition) is 2. The van der Waals surface area contributed by atoms with Crippen LogP contribution in [0.3, 0.4) is 0 Å². The maximum Gasteiger partial charge on any atom is 0.194 e. The molecule has 0 saturated carbocycles. The Hall–Kier alpha value is -2.46. The maximum atomic E-state index is 12.5. The van der Waals surface area contributed by atoms with Crippen LogP contribution < -0.4 is 11.1 Å². The molecule has 3 rings (SSSR count). The third kappa shape index (κ3) is 2.34. The highest BCUT2D eigenvalue weighted by molar-refractivity contribution is 6.28. The Balaban J connectivity index is 1.99. The van der Waals surface area contributed by atoms with Crippen LogP contribution in [0.15, 0.2) is 42.5 Å². The van der Waals surface area contributed by atoms with E-state index in [0.717, 1.165) is 18.7 Å². The molecule has 0 bridgehead atoms. The zero-order chi connectivity index (χ0) is 14.8. The van der Waals surface area contributed by atoms with Crippen LogP contribution in [0.2, 0.25) is 0 Å². The van der Waals surface area contributed by atoms with Gasteiger partial charge in [0.25, 0.3) is 0 Å². The van der Waals surface area contributed by atoms with E-state index in [1.807, 2.05) is 6.07 Å². The lowest BCUT2D eigenvalue weighted by molar-refractivity contribution is 0.0979. The van der Waals surface area contributed by atoms with Gasteiger partial charge in [-0.05, 0) is 31.2 Å². The number of ketones is 2. The molecule has 0 heterocycles. The van der Waals surface area contributed by atoms with Crippen molar-refractivity contribution < 1.29 is 9.59 Å². The van der Waals surface area contributed by atoms with Gasteiger partial charge in [0.1, 0.15) is 0 Å². The Labute approximate surface area is 123 Å². The average Bonchev–Trinajstić information content (AvgIpc) is 2.53. The van der Waals surface area contributed by atoms with Gasteiger partial charge in [-0.15, -0.1) is 0 Å². The molecule has 1 aliphatic carbocycles. The summed E-state index contributed by atoms with van der Waals surface area (Å²) < 4.78 is 0. The summed E-state index contributed by atoms with van der Waals surface area (Å²) in [5.74, 6) is -0.184. The Kier molecular flexibility index (Phi) is 3.54. The SMILES string of the molecule is NCCCNc1ccc2c(c1)C(=O)c1ccccc1C2=O. The van der Waals surface area contributed by atoms with Crippen molar-refractivity contribution >= 4 is 17.3 Å². The summed E-state index contributed by atoms with van der Waals surface area (Å²) >= 11 is 0. The van der Waals surface area contributed by atoms with E-state index in [1.54, 1.807) is 36.4 Å². The van der Waals surface area contributed by atoms with Crippen LogP contribution in [-0.4, -0.2) is 24.7 Å². The van der Waals surface area contributed by atoms with Crippen molar-refractivity contribution in [2.24, 2.45) is 5.73 Å². The third-order valence-electron chi connectivity index (χ3n) is 3.64. The van der Waals surface area contributed by atoms with Crippen molar-refractivity contribution in [1.29, 1.82) is 0 Å². The fraction of sp³-hybridized carbons (Fsp3) is 0.176. The quantitative estimate of drug-likeness (QED) is 0.719. The predicted molar refractivity (Wildman–Crippen MR) is 81.9 cm³/mol. The van der Waals surface area contributed by atoms with Crippen LogP contribution in [0.25, 0.3) is 0 Å². The molecule has 4 heteroatoms. The smallest absolute Gasteiger partial charge is 0.194 e. The first-order valence-corrected chi connectivity index (χ1v) is 6.99. The fourth-order valence-electron chi connectivity index (χ4n) is 2.54. The van der Waals surface area contributed by atoms with Crippen molar-refractivity contribution in [2.45, 2.75) is 6.42 Å². The first kappa shape index (κ1) is 13.5. The molecule has 0 atom stereocenters. The molecule has 0 radical (unpaired) electrons.